The van der Waals surface area contributed by atoms with Crippen molar-refractivity contribution < 1.29 is 13.2 Å². The number of alkyl halides is 3. The van der Waals surface area contributed by atoms with Gasteiger partial charge in [0, 0.05) is 5.02 Å². The van der Waals surface area contributed by atoms with Crippen LogP contribution in [-0.4, -0.2) is 19.7 Å². The molecule has 0 atom stereocenters. The third-order valence-electron chi connectivity index (χ3n) is 2.76. The average Bonchev–Trinajstić information content (AvgIpc) is 2.82. The molecule has 0 unspecified atom stereocenters. The van der Waals surface area contributed by atoms with Gasteiger partial charge < -0.3 is 4.98 Å². The molecule has 9 heteroatoms. The predicted octanol–water partition coefficient (Wildman–Crippen LogP) is 2.78. The maximum atomic E-state index is 12.7. The van der Waals surface area contributed by atoms with Gasteiger partial charge in [-0.3, -0.25) is 4.79 Å². The molecular formula is C12H6ClF3N4O. The summed E-state index contributed by atoms with van der Waals surface area (Å²) in [7, 11) is 0. The normalized spacial score (nSPS) is 12.0. The summed E-state index contributed by atoms with van der Waals surface area (Å²) in [5.41, 5.74) is -0.683. The standard InChI is InChI=1S/C12H6ClF3N4O/c13-6-2-1-3-7(4-6)20-9-8(5-17-20)10(21)19-11(18-9)12(14,15)16/h1-5H,(H,18,19,21). The van der Waals surface area contributed by atoms with E-state index in [1.807, 2.05) is 0 Å². The highest BCUT2D eigenvalue weighted by molar-refractivity contribution is 6.30. The maximum absolute atomic E-state index is 12.7. The molecule has 1 N–H and O–H groups in total. The Bertz CT molecular complexity index is 884. The summed E-state index contributed by atoms with van der Waals surface area (Å²) in [6.07, 6.45) is -3.60. The van der Waals surface area contributed by atoms with Crippen molar-refractivity contribution in [2.24, 2.45) is 0 Å². The Morgan fingerprint density at radius 2 is 2.05 bits per heavy atom. The molecule has 3 aromatic rings. The number of aromatic nitrogens is 4. The van der Waals surface area contributed by atoms with Crippen molar-refractivity contribution in [3.8, 4) is 5.69 Å². The molecule has 2 heterocycles. The van der Waals surface area contributed by atoms with Crippen LogP contribution in [0.2, 0.25) is 5.02 Å². The van der Waals surface area contributed by atoms with Crippen LogP contribution in [0.25, 0.3) is 16.7 Å². The van der Waals surface area contributed by atoms with Gasteiger partial charge in [-0.2, -0.15) is 18.3 Å². The smallest absolute Gasteiger partial charge is 0.302 e. The first kappa shape index (κ1) is 13.6. The van der Waals surface area contributed by atoms with Crippen LogP contribution in [0.1, 0.15) is 5.82 Å². The molecule has 0 amide bonds. The maximum Gasteiger partial charge on any atom is 0.449 e. The van der Waals surface area contributed by atoms with Crippen molar-refractivity contribution in [1.29, 1.82) is 0 Å². The molecule has 0 aliphatic rings. The molecule has 0 saturated carbocycles. The summed E-state index contributed by atoms with van der Waals surface area (Å²) >= 11 is 5.84. The number of benzene rings is 1. The number of fused-ring (bicyclic) bond motifs is 1. The number of aromatic amines is 1. The molecule has 0 bridgehead atoms. The van der Waals surface area contributed by atoms with E-state index in [2.05, 4.69) is 10.1 Å². The first-order chi connectivity index (χ1) is 9.86. The zero-order valence-corrected chi connectivity index (χ0v) is 10.9. The fraction of sp³-hybridized carbons (Fsp3) is 0.0833. The first-order valence-electron chi connectivity index (χ1n) is 5.67. The molecule has 0 fully saturated rings. The zero-order chi connectivity index (χ0) is 15.2. The van der Waals surface area contributed by atoms with Crippen molar-refractivity contribution >= 4 is 22.6 Å². The lowest BCUT2D eigenvalue weighted by Crippen LogP contribution is -2.19. The van der Waals surface area contributed by atoms with Crippen molar-refractivity contribution in [2.75, 3.05) is 0 Å². The van der Waals surface area contributed by atoms with E-state index in [9.17, 15) is 18.0 Å². The van der Waals surface area contributed by atoms with Gasteiger partial charge >= 0.3 is 6.18 Å². The van der Waals surface area contributed by atoms with E-state index < -0.39 is 17.6 Å². The highest BCUT2D eigenvalue weighted by Gasteiger charge is 2.35. The second kappa shape index (κ2) is 4.59. The highest BCUT2D eigenvalue weighted by Crippen LogP contribution is 2.26. The average molecular weight is 315 g/mol. The summed E-state index contributed by atoms with van der Waals surface area (Å²) in [5, 5.41) is 4.25. The third kappa shape index (κ3) is 2.38. The molecule has 1 aromatic carbocycles. The summed E-state index contributed by atoms with van der Waals surface area (Å²) in [5.74, 6) is -1.37. The van der Waals surface area contributed by atoms with Crippen LogP contribution in [0, 0.1) is 0 Å². The van der Waals surface area contributed by atoms with E-state index >= 15 is 0 Å². The van der Waals surface area contributed by atoms with Gasteiger partial charge in [-0.05, 0) is 18.2 Å². The molecule has 0 aliphatic heterocycles. The lowest BCUT2D eigenvalue weighted by Gasteiger charge is -2.07. The van der Waals surface area contributed by atoms with Gasteiger partial charge in [0.15, 0.2) is 5.65 Å². The molecule has 5 nitrogen and oxygen atoms in total. The number of hydrogen-bond acceptors (Lipinski definition) is 3. The van der Waals surface area contributed by atoms with Crippen LogP contribution < -0.4 is 5.56 Å². The van der Waals surface area contributed by atoms with Gasteiger partial charge in [0.25, 0.3) is 5.56 Å². The fourth-order valence-electron chi connectivity index (χ4n) is 1.85. The van der Waals surface area contributed by atoms with Crippen molar-refractivity contribution in [1.82, 2.24) is 19.7 Å². The quantitative estimate of drug-likeness (QED) is 0.751. The van der Waals surface area contributed by atoms with Crippen LogP contribution in [0.15, 0.2) is 35.3 Å². The van der Waals surface area contributed by atoms with E-state index in [0.29, 0.717) is 10.7 Å². The van der Waals surface area contributed by atoms with Crippen LogP contribution in [0.4, 0.5) is 13.2 Å². The van der Waals surface area contributed by atoms with Crippen LogP contribution >= 0.6 is 11.6 Å². The Morgan fingerprint density at radius 3 is 2.71 bits per heavy atom. The van der Waals surface area contributed by atoms with E-state index in [4.69, 9.17) is 11.6 Å². The second-order valence-corrected chi connectivity index (χ2v) is 4.62. The SMILES string of the molecule is O=c1[nH]c(C(F)(F)F)nc2c1cnn2-c1cccc(Cl)c1. The van der Waals surface area contributed by atoms with Crippen molar-refractivity contribution in [3.05, 3.63) is 51.7 Å². The van der Waals surface area contributed by atoms with Gasteiger partial charge in [0.2, 0.25) is 5.82 Å². The van der Waals surface area contributed by atoms with Gasteiger partial charge in [-0.15, -0.1) is 0 Å². The summed E-state index contributed by atoms with van der Waals surface area (Å²) in [6, 6.07) is 6.32. The fourth-order valence-corrected chi connectivity index (χ4v) is 2.03. The molecule has 0 saturated heterocycles. The minimum atomic E-state index is -4.75. The van der Waals surface area contributed by atoms with E-state index in [1.54, 1.807) is 23.2 Å². The van der Waals surface area contributed by atoms with E-state index in [-0.39, 0.29) is 11.0 Å². The molecule has 0 radical (unpaired) electrons. The van der Waals surface area contributed by atoms with Gasteiger partial charge in [-0.1, -0.05) is 17.7 Å². The van der Waals surface area contributed by atoms with Crippen molar-refractivity contribution in [3.63, 3.8) is 0 Å². The Labute approximate surface area is 120 Å². The number of nitrogens with zero attached hydrogens (tertiary/aromatic N) is 3. The molecule has 3 rings (SSSR count). The Kier molecular flexibility index (Phi) is 2.98. The van der Waals surface area contributed by atoms with E-state index in [1.165, 1.54) is 6.07 Å². The largest absolute Gasteiger partial charge is 0.449 e. The Hall–Kier alpha value is -2.35. The molecule has 21 heavy (non-hydrogen) atoms. The molecule has 108 valence electrons. The lowest BCUT2D eigenvalue weighted by molar-refractivity contribution is -0.144. The minimum absolute atomic E-state index is 0.0389. The summed E-state index contributed by atoms with van der Waals surface area (Å²) < 4.78 is 39.3. The second-order valence-electron chi connectivity index (χ2n) is 4.19. The molecule has 2 aromatic heterocycles. The van der Waals surface area contributed by atoms with Crippen LogP contribution in [-0.2, 0) is 6.18 Å². The van der Waals surface area contributed by atoms with Crippen LogP contribution in [0.3, 0.4) is 0 Å². The number of halogens is 4. The number of H-pyrrole nitrogens is 1. The Balaban J connectivity index is 2.31. The summed E-state index contributed by atoms with van der Waals surface area (Å²) in [6.45, 7) is 0. The lowest BCUT2D eigenvalue weighted by atomic mass is 10.3. The van der Waals surface area contributed by atoms with E-state index in [0.717, 1.165) is 10.9 Å². The van der Waals surface area contributed by atoms with Gasteiger partial charge in [0.05, 0.1) is 11.9 Å². The number of nitrogens with one attached hydrogen (secondary N) is 1. The number of hydrogen-bond donors (Lipinski definition) is 1. The monoisotopic (exact) mass is 314 g/mol. The van der Waals surface area contributed by atoms with Crippen molar-refractivity contribution in [2.45, 2.75) is 6.18 Å². The van der Waals surface area contributed by atoms with Crippen LogP contribution in [0.5, 0.6) is 0 Å². The Morgan fingerprint density at radius 1 is 1.29 bits per heavy atom. The zero-order valence-electron chi connectivity index (χ0n) is 10.1. The topological polar surface area (TPSA) is 63.6 Å². The molecule has 0 spiro atoms. The predicted molar refractivity (Wildman–Crippen MR) is 69.5 cm³/mol. The summed E-state index contributed by atoms with van der Waals surface area (Å²) in [4.78, 5) is 16.8. The van der Waals surface area contributed by atoms with Gasteiger partial charge in [0.1, 0.15) is 5.39 Å². The minimum Gasteiger partial charge on any atom is -0.302 e. The number of rotatable bonds is 1. The molecule has 0 aliphatic carbocycles. The first-order valence-corrected chi connectivity index (χ1v) is 6.05. The third-order valence-corrected chi connectivity index (χ3v) is 2.99. The molecular weight excluding hydrogens is 309 g/mol. The highest BCUT2D eigenvalue weighted by atomic mass is 35.5. The van der Waals surface area contributed by atoms with Gasteiger partial charge in [-0.25, -0.2) is 9.67 Å².